The highest BCUT2D eigenvalue weighted by Gasteiger charge is 2.25. The van der Waals surface area contributed by atoms with E-state index in [9.17, 15) is 9.90 Å². The van der Waals surface area contributed by atoms with Crippen molar-refractivity contribution in [2.45, 2.75) is 26.7 Å². The van der Waals surface area contributed by atoms with E-state index in [1.54, 1.807) is 6.07 Å². The monoisotopic (exact) mass is 267 g/mol. The number of carbonyl (C=O) groups is 1. The van der Waals surface area contributed by atoms with Crippen molar-refractivity contribution < 1.29 is 14.6 Å². The summed E-state index contributed by atoms with van der Waals surface area (Å²) in [5, 5.41) is 12.6. The number of nitrogens with zero attached hydrogens (tertiary/aromatic N) is 2. The van der Waals surface area contributed by atoms with Crippen molar-refractivity contribution in [1.82, 2.24) is 9.97 Å². The van der Waals surface area contributed by atoms with Gasteiger partial charge in [0, 0.05) is 18.2 Å². The SMILES string of the molecule is CCC(CC)(CO)CNc1ccnc(C(=O)OC)n1. The van der Waals surface area contributed by atoms with E-state index in [-0.39, 0.29) is 17.8 Å². The van der Waals surface area contributed by atoms with Gasteiger partial charge in [-0.05, 0) is 18.9 Å². The number of esters is 1. The first-order valence-corrected chi connectivity index (χ1v) is 6.37. The van der Waals surface area contributed by atoms with E-state index in [4.69, 9.17) is 0 Å². The maximum atomic E-state index is 11.3. The lowest BCUT2D eigenvalue weighted by Crippen LogP contribution is -2.32. The quantitative estimate of drug-likeness (QED) is 0.728. The van der Waals surface area contributed by atoms with E-state index < -0.39 is 5.97 Å². The van der Waals surface area contributed by atoms with Crippen LogP contribution in [-0.4, -0.2) is 41.3 Å². The van der Waals surface area contributed by atoms with E-state index in [1.165, 1.54) is 13.3 Å². The summed E-state index contributed by atoms with van der Waals surface area (Å²) in [4.78, 5) is 19.2. The summed E-state index contributed by atoms with van der Waals surface area (Å²) in [5.41, 5.74) is -0.170. The zero-order valence-corrected chi connectivity index (χ0v) is 11.6. The Balaban J connectivity index is 2.75. The van der Waals surface area contributed by atoms with Gasteiger partial charge in [-0.25, -0.2) is 14.8 Å². The molecule has 0 aliphatic heterocycles. The van der Waals surface area contributed by atoms with E-state index in [1.807, 2.05) is 13.8 Å². The zero-order valence-electron chi connectivity index (χ0n) is 11.6. The molecule has 2 N–H and O–H groups in total. The highest BCUT2D eigenvalue weighted by molar-refractivity contribution is 5.85. The molecule has 1 rings (SSSR count). The van der Waals surface area contributed by atoms with Crippen LogP contribution in [0, 0.1) is 5.41 Å². The number of ether oxygens (including phenoxy) is 1. The fraction of sp³-hybridized carbons (Fsp3) is 0.615. The van der Waals surface area contributed by atoms with Crippen molar-refractivity contribution in [3.8, 4) is 0 Å². The lowest BCUT2D eigenvalue weighted by molar-refractivity contribution is 0.0587. The fourth-order valence-corrected chi connectivity index (χ4v) is 1.70. The third-order valence-corrected chi connectivity index (χ3v) is 3.50. The van der Waals surface area contributed by atoms with E-state index in [2.05, 4.69) is 20.0 Å². The van der Waals surface area contributed by atoms with E-state index >= 15 is 0 Å². The van der Waals surface area contributed by atoms with Crippen LogP contribution in [0.3, 0.4) is 0 Å². The van der Waals surface area contributed by atoms with Gasteiger partial charge in [0.25, 0.3) is 0 Å². The Morgan fingerprint density at radius 2 is 2.16 bits per heavy atom. The van der Waals surface area contributed by atoms with Crippen LogP contribution in [0.1, 0.15) is 37.3 Å². The number of anilines is 1. The van der Waals surface area contributed by atoms with Crippen LogP contribution in [0.25, 0.3) is 0 Å². The Labute approximate surface area is 113 Å². The molecule has 6 nitrogen and oxygen atoms in total. The molecule has 106 valence electrons. The van der Waals surface area contributed by atoms with Crippen LogP contribution in [-0.2, 0) is 4.74 Å². The molecule has 0 aliphatic carbocycles. The average Bonchev–Trinajstić information content (AvgIpc) is 2.48. The van der Waals surface area contributed by atoms with Gasteiger partial charge in [-0.3, -0.25) is 0 Å². The molecule has 0 spiro atoms. The van der Waals surface area contributed by atoms with Gasteiger partial charge in [-0.1, -0.05) is 13.8 Å². The van der Waals surface area contributed by atoms with Gasteiger partial charge in [-0.15, -0.1) is 0 Å². The Morgan fingerprint density at radius 3 is 2.68 bits per heavy atom. The molecule has 0 aromatic carbocycles. The average molecular weight is 267 g/mol. The molecule has 0 amide bonds. The van der Waals surface area contributed by atoms with Crippen molar-refractivity contribution in [2.24, 2.45) is 5.41 Å². The van der Waals surface area contributed by atoms with E-state index in [0.29, 0.717) is 12.4 Å². The number of rotatable bonds is 7. The van der Waals surface area contributed by atoms with Gasteiger partial charge in [0.15, 0.2) is 0 Å². The van der Waals surface area contributed by atoms with Crippen LogP contribution in [0.2, 0.25) is 0 Å². The number of methoxy groups -OCH3 is 1. The lowest BCUT2D eigenvalue weighted by Gasteiger charge is -2.29. The maximum Gasteiger partial charge on any atom is 0.376 e. The van der Waals surface area contributed by atoms with Crippen LogP contribution in [0.5, 0.6) is 0 Å². The Morgan fingerprint density at radius 1 is 1.47 bits per heavy atom. The third kappa shape index (κ3) is 3.89. The first-order valence-electron chi connectivity index (χ1n) is 6.37. The Kier molecular flexibility index (Phi) is 5.69. The second kappa shape index (κ2) is 7.04. The first-order chi connectivity index (χ1) is 9.10. The van der Waals surface area contributed by atoms with Crippen molar-refractivity contribution >= 4 is 11.8 Å². The number of aromatic nitrogens is 2. The minimum atomic E-state index is -0.567. The van der Waals surface area contributed by atoms with Crippen LogP contribution in [0.4, 0.5) is 5.82 Å². The van der Waals surface area contributed by atoms with Crippen molar-refractivity contribution in [3.63, 3.8) is 0 Å². The highest BCUT2D eigenvalue weighted by atomic mass is 16.5. The molecule has 0 unspecified atom stereocenters. The van der Waals surface area contributed by atoms with Crippen molar-refractivity contribution in [1.29, 1.82) is 0 Å². The summed E-state index contributed by atoms with van der Waals surface area (Å²) in [7, 11) is 1.29. The summed E-state index contributed by atoms with van der Waals surface area (Å²) < 4.78 is 4.57. The van der Waals surface area contributed by atoms with E-state index in [0.717, 1.165) is 12.8 Å². The number of nitrogens with one attached hydrogen (secondary N) is 1. The predicted octanol–water partition coefficient (Wildman–Crippen LogP) is 1.47. The molecular weight excluding hydrogens is 246 g/mol. The van der Waals surface area contributed by atoms with Crippen LogP contribution in [0.15, 0.2) is 12.3 Å². The second-order valence-corrected chi connectivity index (χ2v) is 4.48. The molecule has 0 fully saturated rings. The minimum absolute atomic E-state index is 0.0232. The van der Waals surface area contributed by atoms with Gasteiger partial charge >= 0.3 is 5.97 Å². The summed E-state index contributed by atoms with van der Waals surface area (Å²) in [6.07, 6.45) is 3.23. The molecule has 0 bridgehead atoms. The smallest absolute Gasteiger partial charge is 0.376 e. The molecule has 0 radical (unpaired) electrons. The number of aliphatic hydroxyl groups excluding tert-OH is 1. The molecule has 19 heavy (non-hydrogen) atoms. The maximum absolute atomic E-state index is 11.3. The van der Waals surface area contributed by atoms with Crippen molar-refractivity contribution in [3.05, 3.63) is 18.1 Å². The molecule has 0 atom stereocenters. The van der Waals surface area contributed by atoms with Gasteiger partial charge in [-0.2, -0.15) is 0 Å². The normalized spacial score (nSPS) is 11.2. The predicted molar refractivity (Wildman–Crippen MR) is 72.0 cm³/mol. The van der Waals surface area contributed by atoms with Crippen LogP contribution >= 0.6 is 0 Å². The summed E-state index contributed by atoms with van der Waals surface area (Å²) in [5.74, 6) is 0.00766. The van der Waals surface area contributed by atoms with Gasteiger partial charge in [0.2, 0.25) is 5.82 Å². The molecule has 0 saturated heterocycles. The van der Waals surface area contributed by atoms with Crippen LogP contribution < -0.4 is 5.32 Å². The molecule has 0 saturated carbocycles. The Hall–Kier alpha value is -1.69. The topological polar surface area (TPSA) is 84.3 Å². The molecule has 1 heterocycles. The standard InChI is InChI=1S/C13H21N3O3/c1-4-13(5-2,9-17)8-15-10-6-7-14-11(16-10)12(18)19-3/h6-7,17H,4-5,8-9H2,1-3H3,(H,14,15,16). The molecular formula is C13H21N3O3. The van der Waals surface area contributed by atoms with Gasteiger partial charge < -0.3 is 15.2 Å². The zero-order chi connectivity index (χ0) is 14.3. The van der Waals surface area contributed by atoms with Gasteiger partial charge in [0.1, 0.15) is 5.82 Å². The summed E-state index contributed by atoms with van der Waals surface area (Å²) >= 11 is 0. The second-order valence-electron chi connectivity index (χ2n) is 4.48. The lowest BCUT2D eigenvalue weighted by atomic mass is 9.83. The number of carbonyl (C=O) groups excluding carboxylic acids is 1. The first kappa shape index (κ1) is 15.4. The largest absolute Gasteiger partial charge is 0.463 e. The molecule has 6 heteroatoms. The number of hydrogen-bond acceptors (Lipinski definition) is 6. The summed E-state index contributed by atoms with van der Waals surface area (Å²) in [6.45, 7) is 4.79. The van der Waals surface area contributed by atoms with Crippen molar-refractivity contribution in [2.75, 3.05) is 25.6 Å². The fourth-order valence-electron chi connectivity index (χ4n) is 1.70. The molecule has 0 aliphatic rings. The summed E-state index contributed by atoms with van der Waals surface area (Å²) in [6, 6.07) is 1.68. The molecule has 1 aromatic rings. The van der Waals surface area contributed by atoms with Gasteiger partial charge in [0.05, 0.1) is 13.7 Å². The highest BCUT2D eigenvalue weighted by Crippen LogP contribution is 2.25. The Bertz CT molecular complexity index is 411. The number of hydrogen-bond donors (Lipinski definition) is 2. The number of aliphatic hydroxyl groups is 1. The minimum Gasteiger partial charge on any atom is -0.463 e. The third-order valence-electron chi connectivity index (χ3n) is 3.50. The molecule has 1 aromatic heterocycles.